The predicted molar refractivity (Wildman–Crippen MR) is 158 cm³/mol. The monoisotopic (exact) mass is 541 g/mol. The van der Waals surface area contributed by atoms with Crippen molar-refractivity contribution in [2.75, 3.05) is 4.90 Å². The summed E-state index contributed by atoms with van der Waals surface area (Å²) in [6.45, 7) is 6.42. The first-order chi connectivity index (χ1) is 19.7. The van der Waals surface area contributed by atoms with Crippen molar-refractivity contribution in [3.8, 4) is 6.07 Å². The van der Waals surface area contributed by atoms with Crippen molar-refractivity contribution in [3.63, 3.8) is 0 Å². The molecular weight excluding hydrogens is 510 g/mol. The van der Waals surface area contributed by atoms with Gasteiger partial charge in [0.2, 0.25) is 0 Å². The highest BCUT2D eigenvalue weighted by molar-refractivity contribution is 6.10. The number of carbonyl (C=O) groups excluding carboxylic acids is 2. The zero-order valence-electron chi connectivity index (χ0n) is 23.3. The molecule has 4 aromatic rings. The van der Waals surface area contributed by atoms with Crippen molar-refractivity contribution in [1.82, 2.24) is 15.3 Å². The number of hydrogen-bond acceptors (Lipinski definition) is 6. The Morgan fingerprint density at radius 3 is 1.90 bits per heavy atom. The van der Waals surface area contributed by atoms with E-state index in [0.717, 1.165) is 16.7 Å². The minimum atomic E-state index is -1.07. The molecule has 1 saturated heterocycles. The number of benzene rings is 2. The Hall–Kier alpha value is -5.09. The predicted octanol–water partition coefficient (Wildman–Crippen LogP) is 5.53. The fourth-order valence-corrected chi connectivity index (χ4v) is 5.06. The van der Waals surface area contributed by atoms with Gasteiger partial charge in [-0.3, -0.25) is 24.5 Å². The first kappa shape index (κ1) is 27.5. The normalized spacial score (nSPS) is 15.4. The molecule has 0 aliphatic carbocycles. The van der Waals surface area contributed by atoms with E-state index in [9.17, 15) is 9.59 Å². The molecule has 7 nitrogen and oxygen atoms in total. The van der Waals surface area contributed by atoms with Crippen LogP contribution in [0.4, 0.5) is 5.69 Å². The third-order valence-corrected chi connectivity index (χ3v) is 7.29. The average Bonchev–Trinajstić information content (AvgIpc) is 3.23. The Morgan fingerprint density at radius 1 is 0.878 bits per heavy atom. The van der Waals surface area contributed by atoms with Gasteiger partial charge in [-0.05, 0) is 82.8 Å². The number of nitrogens with one attached hydrogen (secondary N) is 1. The lowest BCUT2D eigenvalue weighted by atomic mass is 9.84. The van der Waals surface area contributed by atoms with E-state index in [1.165, 1.54) is 6.08 Å². The lowest BCUT2D eigenvalue weighted by Gasteiger charge is -2.28. The van der Waals surface area contributed by atoms with E-state index in [1.54, 1.807) is 54.0 Å². The van der Waals surface area contributed by atoms with Gasteiger partial charge in [-0.25, -0.2) is 0 Å². The lowest BCUT2D eigenvalue weighted by molar-refractivity contribution is -0.122. The summed E-state index contributed by atoms with van der Waals surface area (Å²) in [6.07, 6.45) is 9.08. The molecule has 1 fully saturated rings. The Labute approximate surface area is 240 Å². The van der Waals surface area contributed by atoms with Crippen LogP contribution in [0.15, 0.2) is 109 Å². The van der Waals surface area contributed by atoms with Gasteiger partial charge in [0, 0.05) is 49.3 Å². The summed E-state index contributed by atoms with van der Waals surface area (Å²) < 4.78 is 0. The molecule has 1 aliphatic rings. The molecule has 204 valence electrons. The second kappa shape index (κ2) is 11.2. The molecule has 2 aromatic carbocycles. The summed E-state index contributed by atoms with van der Waals surface area (Å²) in [5.74, 6) is -0.0331. The highest BCUT2D eigenvalue weighted by Gasteiger charge is 2.50. The molecule has 0 bridgehead atoms. The zero-order chi connectivity index (χ0) is 29.0. The SMILES string of the molecule is CC(C)(C)c1ccc(N2C(=O)C(Cc3ccncc3)(Cc3ccncc3)NC2=CC(=O)c2ccc(C#N)cc2)cc1. The van der Waals surface area contributed by atoms with Crippen LogP contribution >= 0.6 is 0 Å². The summed E-state index contributed by atoms with van der Waals surface area (Å²) in [4.78, 5) is 37.9. The first-order valence-electron chi connectivity index (χ1n) is 13.5. The lowest BCUT2D eigenvalue weighted by Crippen LogP contribution is -2.50. The van der Waals surface area contributed by atoms with Gasteiger partial charge in [0.25, 0.3) is 5.91 Å². The summed E-state index contributed by atoms with van der Waals surface area (Å²) in [7, 11) is 0. The van der Waals surface area contributed by atoms with Crippen molar-refractivity contribution in [2.45, 2.75) is 44.6 Å². The highest BCUT2D eigenvalue weighted by atomic mass is 16.2. The summed E-state index contributed by atoms with van der Waals surface area (Å²) in [6, 6.07) is 24.0. The first-order valence-corrected chi connectivity index (χ1v) is 13.5. The molecule has 0 atom stereocenters. The van der Waals surface area contributed by atoms with Crippen LogP contribution in [0, 0.1) is 11.3 Å². The molecule has 2 aromatic heterocycles. The second-order valence-corrected chi connectivity index (χ2v) is 11.3. The molecule has 0 spiro atoms. The Kier molecular flexibility index (Phi) is 7.50. The van der Waals surface area contributed by atoms with Gasteiger partial charge >= 0.3 is 0 Å². The largest absolute Gasteiger partial charge is 0.356 e. The van der Waals surface area contributed by atoms with Crippen molar-refractivity contribution in [1.29, 1.82) is 5.26 Å². The number of amides is 1. The Balaban J connectivity index is 1.62. The van der Waals surface area contributed by atoms with Crippen LogP contribution in [0.25, 0.3) is 0 Å². The molecule has 1 N–H and O–H groups in total. The number of rotatable bonds is 7. The molecule has 0 radical (unpaired) electrons. The molecule has 1 amide bonds. The van der Waals surface area contributed by atoms with E-state index in [1.807, 2.05) is 48.5 Å². The summed E-state index contributed by atoms with van der Waals surface area (Å²) in [5, 5.41) is 12.6. The van der Waals surface area contributed by atoms with Gasteiger partial charge < -0.3 is 5.32 Å². The summed E-state index contributed by atoms with van der Waals surface area (Å²) >= 11 is 0. The number of ketones is 1. The molecule has 0 saturated carbocycles. The van der Waals surface area contributed by atoms with E-state index in [2.05, 4.69) is 42.1 Å². The number of anilines is 1. The molecule has 5 rings (SSSR count). The smallest absolute Gasteiger partial charge is 0.259 e. The minimum absolute atomic E-state index is 0.0531. The maximum atomic E-state index is 14.6. The zero-order valence-corrected chi connectivity index (χ0v) is 23.3. The van der Waals surface area contributed by atoms with Crippen LogP contribution in [0.3, 0.4) is 0 Å². The van der Waals surface area contributed by atoms with Crippen LogP contribution in [-0.4, -0.2) is 27.2 Å². The number of nitrogens with zero attached hydrogens (tertiary/aromatic N) is 4. The minimum Gasteiger partial charge on any atom is -0.356 e. The fourth-order valence-electron chi connectivity index (χ4n) is 5.06. The summed E-state index contributed by atoms with van der Waals surface area (Å²) in [5.41, 5.74) is 3.47. The molecule has 41 heavy (non-hydrogen) atoms. The van der Waals surface area contributed by atoms with E-state index >= 15 is 0 Å². The standard InChI is InChI=1S/C34H31N5O2/c1-33(2,3)28-8-10-29(11-9-28)39-31(20-30(40)27-6-4-26(23-35)5-7-27)38-34(32(39)41,21-24-12-16-36-17-13-24)22-25-14-18-37-19-15-25/h4-20,38H,21-22H2,1-3H3. The van der Waals surface area contributed by atoms with Crippen LogP contribution in [0.2, 0.25) is 0 Å². The van der Waals surface area contributed by atoms with Crippen LogP contribution in [0.1, 0.15) is 53.4 Å². The Morgan fingerprint density at radius 2 is 1.41 bits per heavy atom. The Bertz CT molecular complexity index is 1570. The van der Waals surface area contributed by atoms with Crippen LogP contribution in [-0.2, 0) is 23.1 Å². The van der Waals surface area contributed by atoms with Gasteiger partial charge in [-0.2, -0.15) is 5.26 Å². The molecule has 1 aliphatic heterocycles. The molecule has 0 unspecified atom stereocenters. The molecular formula is C34H31N5O2. The van der Waals surface area contributed by atoms with Crippen molar-refractivity contribution < 1.29 is 9.59 Å². The van der Waals surface area contributed by atoms with E-state index in [-0.39, 0.29) is 17.1 Å². The van der Waals surface area contributed by atoms with Gasteiger partial charge in [0.1, 0.15) is 11.4 Å². The fraction of sp³-hybridized carbons (Fsp3) is 0.206. The quantitative estimate of drug-likeness (QED) is 0.244. The highest BCUT2D eigenvalue weighted by Crippen LogP contribution is 2.35. The maximum Gasteiger partial charge on any atom is 0.259 e. The average molecular weight is 542 g/mol. The van der Waals surface area contributed by atoms with Gasteiger partial charge in [0.05, 0.1) is 17.3 Å². The number of carbonyl (C=O) groups is 2. The number of allylic oxidation sites excluding steroid dienone is 1. The van der Waals surface area contributed by atoms with E-state index < -0.39 is 5.54 Å². The van der Waals surface area contributed by atoms with Crippen molar-refractivity contribution in [3.05, 3.63) is 137 Å². The van der Waals surface area contributed by atoms with Crippen molar-refractivity contribution in [2.24, 2.45) is 0 Å². The molecule has 7 heteroatoms. The van der Waals surface area contributed by atoms with E-state index in [0.29, 0.717) is 35.5 Å². The number of aromatic nitrogens is 2. The number of nitriles is 1. The second-order valence-electron chi connectivity index (χ2n) is 11.3. The van der Waals surface area contributed by atoms with Gasteiger partial charge in [0.15, 0.2) is 5.78 Å². The van der Waals surface area contributed by atoms with Crippen molar-refractivity contribution >= 4 is 17.4 Å². The third-order valence-electron chi connectivity index (χ3n) is 7.29. The topological polar surface area (TPSA) is 99.0 Å². The van der Waals surface area contributed by atoms with Crippen LogP contribution < -0.4 is 10.2 Å². The maximum absolute atomic E-state index is 14.6. The third kappa shape index (κ3) is 5.92. The van der Waals surface area contributed by atoms with Crippen LogP contribution in [0.5, 0.6) is 0 Å². The van der Waals surface area contributed by atoms with Gasteiger partial charge in [-0.1, -0.05) is 32.9 Å². The van der Waals surface area contributed by atoms with E-state index in [4.69, 9.17) is 5.26 Å². The number of pyridine rings is 2. The number of hydrogen-bond donors (Lipinski definition) is 1. The van der Waals surface area contributed by atoms with Gasteiger partial charge in [-0.15, -0.1) is 0 Å². The molecule has 3 heterocycles.